The number of ether oxygens (including phenoxy) is 1. The summed E-state index contributed by atoms with van der Waals surface area (Å²) in [5, 5.41) is 3.04. The Labute approximate surface area is 146 Å². The second-order valence-corrected chi connectivity index (χ2v) is 5.98. The van der Waals surface area contributed by atoms with Crippen LogP contribution in [0.3, 0.4) is 0 Å². The van der Waals surface area contributed by atoms with Gasteiger partial charge in [0.2, 0.25) is 0 Å². The van der Waals surface area contributed by atoms with Crippen molar-refractivity contribution < 1.29 is 14.3 Å². The molecule has 2 amide bonds. The summed E-state index contributed by atoms with van der Waals surface area (Å²) < 4.78 is 5.10. The number of nitrogens with one attached hydrogen (secondary N) is 1. The van der Waals surface area contributed by atoms with Gasteiger partial charge in [-0.3, -0.25) is 14.6 Å². The Kier molecular flexibility index (Phi) is 5.28. The second-order valence-electron chi connectivity index (χ2n) is 5.98. The van der Waals surface area contributed by atoms with E-state index in [4.69, 9.17) is 4.74 Å². The van der Waals surface area contributed by atoms with Crippen LogP contribution < -0.4 is 10.1 Å². The van der Waals surface area contributed by atoms with Crippen LogP contribution in [0.2, 0.25) is 0 Å². The number of nitrogens with zero attached hydrogens (tertiary/aromatic N) is 2. The molecule has 0 atom stereocenters. The van der Waals surface area contributed by atoms with Crippen molar-refractivity contribution in [3.05, 3.63) is 59.9 Å². The molecule has 1 saturated heterocycles. The summed E-state index contributed by atoms with van der Waals surface area (Å²) in [6, 6.07) is 12.4. The predicted octanol–water partition coefficient (Wildman–Crippen LogP) is 2.12. The maximum absolute atomic E-state index is 12.4. The van der Waals surface area contributed by atoms with Crippen LogP contribution in [0.4, 0.5) is 0 Å². The maximum Gasteiger partial charge on any atom is 0.272 e. The van der Waals surface area contributed by atoms with Crippen molar-refractivity contribution in [1.82, 2.24) is 15.2 Å². The number of hydrogen-bond donors (Lipinski definition) is 1. The Hall–Kier alpha value is -2.89. The molecule has 0 saturated carbocycles. The number of amides is 2. The van der Waals surface area contributed by atoms with Gasteiger partial charge in [-0.15, -0.1) is 0 Å². The predicted molar refractivity (Wildman–Crippen MR) is 93.6 cm³/mol. The number of carbonyl (C=O) groups excluding carboxylic acids is 2. The minimum absolute atomic E-state index is 0.0551. The van der Waals surface area contributed by atoms with Gasteiger partial charge in [0.15, 0.2) is 0 Å². The molecule has 1 aliphatic heterocycles. The van der Waals surface area contributed by atoms with Crippen molar-refractivity contribution in [1.29, 1.82) is 0 Å². The fourth-order valence-electron chi connectivity index (χ4n) is 2.89. The van der Waals surface area contributed by atoms with E-state index in [1.807, 2.05) is 6.07 Å². The van der Waals surface area contributed by atoms with E-state index < -0.39 is 0 Å². The minimum Gasteiger partial charge on any atom is -0.497 e. The van der Waals surface area contributed by atoms with Crippen molar-refractivity contribution in [2.45, 2.75) is 18.9 Å². The highest BCUT2D eigenvalue weighted by Gasteiger charge is 2.25. The zero-order chi connectivity index (χ0) is 17.6. The average molecular weight is 339 g/mol. The van der Waals surface area contributed by atoms with E-state index in [9.17, 15) is 9.59 Å². The Morgan fingerprint density at radius 1 is 1.12 bits per heavy atom. The summed E-state index contributed by atoms with van der Waals surface area (Å²) in [4.78, 5) is 30.6. The molecule has 6 heteroatoms. The molecule has 0 aliphatic carbocycles. The Morgan fingerprint density at radius 2 is 1.84 bits per heavy atom. The molecule has 1 aliphatic rings. The standard InChI is InChI=1S/C19H21N3O3/c1-25-16-7-5-14(6-8-16)18(23)21-15-9-12-22(13-10-15)19(24)17-4-2-3-11-20-17/h2-8,11,15H,9-10,12-13H2,1H3,(H,21,23). The first-order valence-electron chi connectivity index (χ1n) is 8.32. The van der Waals surface area contributed by atoms with Crippen LogP contribution in [-0.2, 0) is 0 Å². The first kappa shape index (κ1) is 17.0. The van der Waals surface area contributed by atoms with Crippen LogP contribution in [0, 0.1) is 0 Å². The third-order valence-electron chi connectivity index (χ3n) is 4.35. The monoisotopic (exact) mass is 339 g/mol. The first-order valence-corrected chi connectivity index (χ1v) is 8.32. The largest absolute Gasteiger partial charge is 0.497 e. The highest BCUT2D eigenvalue weighted by molar-refractivity contribution is 5.94. The third kappa shape index (κ3) is 4.15. The molecular formula is C19H21N3O3. The summed E-state index contributed by atoms with van der Waals surface area (Å²) >= 11 is 0. The van der Waals surface area contributed by atoms with Gasteiger partial charge in [0.1, 0.15) is 11.4 Å². The summed E-state index contributed by atoms with van der Waals surface area (Å²) in [5.41, 5.74) is 1.07. The lowest BCUT2D eigenvalue weighted by Gasteiger charge is -2.32. The molecule has 0 unspecified atom stereocenters. The fourth-order valence-corrected chi connectivity index (χ4v) is 2.89. The molecule has 0 spiro atoms. The average Bonchev–Trinajstić information content (AvgIpc) is 2.68. The van der Waals surface area contributed by atoms with E-state index in [0.29, 0.717) is 24.3 Å². The van der Waals surface area contributed by atoms with E-state index >= 15 is 0 Å². The first-order chi connectivity index (χ1) is 12.2. The van der Waals surface area contributed by atoms with Crippen LogP contribution in [0.15, 0.2) is 48.7 Å². The van der Waals surface area contributed by atoms with Crippen molar-refractivity contribution in [3.63, 3.8) is 0 Å². The minimum atomic E-state index is -0.0999. The summed E-state index contributed by atoms with van der Waals surface area (Å²) in [5.74, 6) is 0.565. The molecular weight excluding hydrogens is 318 g/mol. The molecule has 1 N–H and O–H groups in total. The maximum atomic E-state index is 12.4. The lowest BCUT2D eigenvalue weighted by molar-refractivity contribution is 0.0692. The molecule has 3 rings (SSSR count). The Morgan fingerprint density at radius 3 is 2.44 bits per heavy atom. The molecule has 1 fully saturated rings. The van der Waals surface area contributed by atoms with Gasteiger partial charge in [0.05, 0.1) is 7.11 Å². The van der Waals surface area contributed by atoms with Gasteiger partial charge in [-0.05, 0) is 49.2 Å². The smallest absolute Gasteiger partial charge is 0.272 e. The number of hydrogen-bond acceptors (Lipinski definition) is 4. The van der Waals surface area contributed by atoms with E-state index in [1.54, 1.807) is 54.6 Å². The molecule has 130 valence electrons. The highest BCUT2D eigenvalue weighted by atomic mass is 16.5. The summed E-state index contributed by atoms with van der Waals surface area (Å²) in [6.45, 7) is 1.23. The van der Waals surface area contributed by atoms with Gasteiger partial charge in [-0.1, -0.05) is 6.07 Å². The number of piperidine rings is 1. The van der Waals surface area contributed by atoms with Crippen molar-refractivity contribution in [2.24, 2.45) is 0 Å². The molecule has 25 heavy (non-hydrogen) atoms. The van der Waals surface area contributed by atoms with Gasteiger partial charge < -0.3 is 15.0 Å². The quantitative estimate of drug-likeness (QED) is 0.926. The zero-order valence-electron chi connectivity index (χ0n) is 14.1. The number of methoxy groups -OCH3 is 1. The molecule has 1 aromatic heterocycles. The second kappa shape index (κ2) is 7.79. The van der Waals surface area contributed by atoms with Crippen LogP contribution in [-0.4, -0.2) is 47.9 Å². The molecule has 2 aromatic rings. The Balaban J connectivity index is 1.52. The molecule has 1 aromatic carbocycles. The molecule has 0 radical (unpaired) electrons. The molecule has 2 heterocycles. The van der Waals surface area contributed by atoms with Crippen LogP contribution >= 0.6 is 0 Å². The van der Waals surface area contributed by atoms with E-state index in [1.165, 1.54) is 0 Å². The van der Waals surface area contributed by atoms with Crippen LogP contribution in [0.5, 0.6) is 5.75 Å². The zero-order valence-corrected chi connectivity index (χ0v) is 14.1. The number of carbonyl (C=O) groups is 2. The van der Waals surface area contributed by atoms with Gasteiger partial charge in [0.25, 0.3) is 11.8 Å². The molecule has 6 nitrogen and oxygen atoms in total. The van der Waals surface area contributed by atoms with Gasteiger partial charge in [-0.25, -0.2) is 0 Å². The normalized spacial score (nSPS) is 14.8. The van der Waals surface area contributed by atoms with Gasteiger partial charge >= 0.3 is 0 Å². The number of rotatable bonds is 4. The van der Waals surface area contributed by atoms with E-state index in [0.717, 1.165) is 18.6 Å². The fraction of sp³-hybridized carbons (Fsp3) is 0.316. The number of benzene rings is 1. The van der Waals surface area contributed by atoms with Gasteiger partial charge in [0, 0.05) is 30.9 Å². The summed E-state index contributed by atoms with van der Waals surface area (Å²) in [6.07, 6.45) is 3.09. The van der Waals surface area contributed by atoms with Crippen LogP contribution in [0.25, 0.3) is 0 Å². The van der Waals surface area contributed by atoms with Crippen molar-refractivity contribution in [3.8, 4) is 5.75 Å². The van der Waals surface area contributed by atoms with E-state index in [2.05, 4.69) is 10.3 Å². The summed E-state index contributed by atoms with van der Waals surface area (Å²) in [7, 11) is 1.59. The van der Waals surface area contributed by atoms with Crippen molar-refractivity contribution >= 4 is 11.8 Å². The van der Waals surface area contributed by atoms with E-state index in [-0.39, 0.29) is 17.9 Å². The lowest BCUT2D eigenvalue weighted by atomic mass is 10.0. The molecule has 0 bridgehead atoms. The Bertz CT molecular complexity index is 723. The number of aromatic nitrogens is 1. The third-order valence-corrected chi connectivity index (χ3v) is 4.35. The van der Waals surface area contributed by atoms with Crippen molar-refractivity contribution in [2.75, 3.05) is 20.2 Å². The number of likely N-dealkylation sites (tertiary alicyclic amines) is 1. The number of pyridine rings is 1. The lowest BCUT2D eigenvalue weighted by Crippen LogP contribution is -2.46. The SMILES string of the molecule is COc1ccc(C(=O)NC2CCN(C(=O)c3ccccn3)CC2)cc1. The topological polar surface area (TPSA) is 71.5 Å². The highest BCUT2D eigenvalue weighted by Crippen LogP contribution is 2.15. The van der Waals surface area contributed by atoms with Gasteiger partial charge in [-0.2, -0.15) is 0 Å². The van der Waals surface area contributed by atoms with Crippen LogP contribution in [0.1, 0.15) is 33.7 Å².